The van der Waals surface area contributed by atoms with Gasteiger partial charge in [-0.1, -0.05) is 6.07 Å². The number of hydrogen-bond acceptors (Lipinski definition) is 4. The second-order valence-corrected chi connectivity index (χ2v) is 5.04. The number of fused-ring (bicyclic) bond motifs is 1. The fraction of sp³-hybridized carbons (Fsp3) is 0.118. The first kappa shape index (κ1) is 13.2. The van der Waals surface area contributed by atoms with Gasteiger partial charge in [-0.15, -0.1) is 0 Å². The molecule has 0 radical (unpaired) electrons. The molecular weight excluding hydrogens is 268 g/mol. The van der Waals surface area contributed by atoms with E-state index in [0.717, 1.165) is 0 Å². The van der Waals surface area contributed by atoms with Gasteiger partial charge in [-0.05, 0) is 49.7 Å². The Morgan fingerprint density at radius 1 is 1.00 bits per heavy atom. The molecule has 0 aliphatic rings. The molecule has 1 heterocycles. The zero-order chi connectivity index (χ0) is 15.1. The van der Waals surface area contributed by atoms with E-state index in [1.807, 2.05) is 0 Å². The number of phenolic OH excluding ortho intramolecular Hbond substituents is 2. The molecule has 0 spiro atoms. The summed E-state index contributed by atoms with van der Waals surface area (Å²) >= 11 is 0. The van der Waals surface area contributed by atoms with E-state index in [0.29, 0.717) is 28.0 Å². The summed E-state index contributed by atoms with van der Waals surface area (Å²) in [6.07, 6.45) is 0. The predicted octanol–water partition coefficient (Wildman–Crippen LogP) is 3.49. The summed E-state index contributed by atoms with van der Waals surface area (Å²) in [7, 11) is 0. The predicted molar refractivity (Wildman–Crippen MR) is 80.7 cm³/mol. The quantitative estimate of drug-likeness (QED) is 0.716. The lowest BCUT2D eigenvalue weighted by atomic mass is 10.0. The summed E-state index contributed by atoms with van der Waals surface area (Å²) in [5.74, 6) is 0.552. The highest BCUT2D eigenvalue weighted by molar-refractivity contribution is 5.85. The van der Waals surface area contributed by atoms with E-state index < -0.39 is 0 Å². The van der Waals surface area contributed by atoms with Gasteiger partial charge in [0.05, 0.1) is 0 Å². The summed E-state index contributed by atoms with van der Waals surface area (Å²) in [4.78, 5) is 12.4. The minimum atomic E-state index is -0.255. The largest absolute Gasteiger partial charge is 0.508 e. The highest BCUT2D eigenvalue weighted by Crippen LogP contribution is 2.31. The normalized spacial score (nSPS) is 11.0. The van der Waals surface area contributed by atoms with Crippen LogP contribution in [-0.2, 0) is 0 Å². The summed E-state index contributed by atoms with van der Waals surface area (Å²) in [5.41, 5.74) is 1.92. The Labute approximate surface area is 120 Å². The van der Waals surface area contributed by atoms with Crippen molar-refractivity contribution in [2.75, 3.05) is 0 Å². The van der Waals surface area contributed by atoms with Gasteiger partial charge < -0.3 is 14.6 Å². The van der Waals surface area contributed by atoms with Gasteiger partial charge in [0.1, 0.15) is 28.2 Å². The lowest BCUT2D eigenvalue weighted by Gasteiger charge is -2.09. The Bertz CT molecular complexity index is 907. The van der Waals surface area contributed by atoms with Crippen molar-refractivity contribution in [1.82, 2.24) is 0 Å². The third-order valence-electron chi connectivity index (χ3n) is 3.58. The molecule has 21 heavy (non-hydrogen) atoms. The van der Waals surface area contributed by atoms with Crippen molar-refractivity contribution in [3.63, 3.8) is 0 Å². The Kier molecular flexibility index (Phi) is 2.94. The minimum Gasteiger partial charge on any atom is -0.508 e. The van der Waals surface area contributed by atoms with Crippen molar-refractivity contribution in [3.8, 4) is 22.8 Å². The van der Waals surface area contributed by atoms with Gasteiger partial charge in [0, 0.05) is 11.1 Å². The summed E-state index contributed by atoms with van der Waals surface area (Å²) in [5, 5.41) is 19.6. The first-order valence-corrected chi connectivity index (χ1v) is 6.54. The Morgan fingerprint density at radius 3 is 2.48 bits per heavy atom. The third-order valence-corrected chi connectivity index (χ3v) is 3.58. The molecule has 3 rings (SSSR count). The van der Waals surface area contributed by atoms with Gasteiger partial charge in [-0.3, -0.25) is 4.79 Å². The molecule has 0 atom stereocenters. The standard InChI is InChI=1S/C17H14O4/c1-9-8-11(6-7-12(9)18)17-10(2)16(20)15-13(19)4-3-5-14(15)21-17/h3-8,18-19H,1-2H3. The maximum Gasteiger partial charge on any atom is 0.199 e. The SMILES string of the molecule is Cc1cc(-c2oc3cccc(O)c3c(=O)c2C)ccc1O. The molecule has 0 saturated carbocycles. The summed E-state index contributed by atoms with van der Waals surface area (Å²) in [6, 6.07) is 9.76. The van der Waals surface area contributed by atoms with Crippen molar-refractivity contribution in [3.05, 3.63) is 57.7 Å². The molecule has 0 bridgehead atoms. The molecule has 3 aromatic rings. The smallest absolute Gasteiger partial charge is 0.199 e. The van der Waals surface area contributed by atoms with E-state index >= 15 is 0 Å². The van der Waals surface area contributed by atoms with Crippen LogP contribution in [0.2, 0.25) is 0 Å². The second kappa shape index (κ2) is 4.66. The van der Waals surface area contributed by atoms with E-state index in [1.54, 1.807) is 44.2 Å². The van der Waals surface area contributed by atoms with E-state index in [1.165, 1.54) is 6.07 Å². The van der Waals surface area contributed by atoms with Gasteiger partial charge in [0.2, 0.25) is 0 Å². The average Bonchev–Trinajstić information content (AvgIpc) is 2.46. The zero-order valence-electron chi connectivity index (χ0n) is 11.7. The molecule has 2 N–H and O–H groups in total. The van der Waals surface area contributed by atoms with Crippen LogP contribution in [-0.4, -0.2) is 10.2 Å². The van der Waals surface area contributed by atoms with Gasteiger partial charge in [-0.2, -0.15) is 0 Å². The molecule has 0 aliphatic heterocycles. The average molecular weight is 282 g/mol. The highest BCUT2D eigenvalue weighted by Gasteiger charge is 2.15. The molecule has 0 aliphatic carbocycles. The van der Waals surface area contributed by atoms with Crippen molar-refractivity contribution >= 4 is 11.0 Å². The number of hydrogen-bond donors (Lipinski definition) is 2. The van der Waals surface area contributed by atoms with Crippen molar-refractivity contribution in [2.24, 2.45) is 0 Å². The monoisotopic (exact) mass is 282 g/mol. The molecule has 0 amide bonds. The van der Waals surface area contributed by atoms with Crippen LogP contribution in [0.3, 0.4) is 0 Å². The number of aromatic hydroxyl groups is 2. The third kappa shape index (κ3) is 2.05. The van der Waals surface area contributed by atoms with E-state index in [4.69, 9.17) is 4.42 Å². The molecule has 0 saturated heterocycles. The lowest BCUT2D eigenvalue weighted by Crippen LogP contribution is -2.07. The Hall–Kier alpha value is -2.75. The first-order chi connectivity index (χ1) is 9.99. The van der Waals surface area contributed by atoms with Crippen molar-refractivity contribution < 1.29 is 14.6 Å². The molecule has 4 heteroatoms. The van der Waals surface area contributed by atoms with Gasteiger partial charge in [0.15, 0.2) is 5.43 Å². The van der Waals surface area contributed by atoms with Gasteiger partial charge >= 0.3 is 0 Å². The molecule has 2 aromatic carbocycles. The number of phenols is 2. The Balaban J connectivity index is 2.36. The molecule has 0 fully saturated rings. The molecule has 1 aromatic heterocycles. The van der Waals surface area contributed by atoms with Gasteiger partial charge in [-0.25, -0.2) is 0 Å². The van der Waals surface area contributed by atoms with E-state index in [2.05, 4.69) is 0 Å². The summed E-state index contributed by atoms with van der Waals surface area (Å²) in [6.45, 7) is 3.44. The zero-order valence-corrected chi connectivity index (χ0v) is 11.7. The van der Waals surface area contributed by atoms with Crippen LogP contribution in [0.25, 0.3) is 22.3 Å². The van der Waals surface area contributed by atoms with Crippen LogP contribution >= 0.6 is 0 Å². The van der Waals surface area contributed by atoms with Crippen LogP contribution in [0, 0.1) is 13.8 Å². The Morgan fingerprint density at radius 2 is 1.76 bits per heavy atom. The molecular formula is C17H14O4. The van der Waals surface area contributed by atoms with Crippen LogP contribution in [0.1, 0.15) is 11.1 Å². The van der Waals surface area contributed by atoms with Crippen LogP contribution in [0.15, 0.2) is 45.6 Å². The number of rotatable bonds is 1. The first-order valence-electron chi connectivity index (χ1n) is 6.54. The van der Waals surface area contributed by atoms with E-state index in [9.17, 15) is 15.0 Å². The maximum atomic E-state index is 12.4. The fourth-order valence-corrected chi connectivity index (χ4v) is 2.38. The second-order valence-electron chi connectivity index (χ2n) is 5.04. The number of aryl methyl sites for hydroxylation is 1. The molecule has 4 nitrogen and oxygen atoms in total. The molecule has 106 valence electrons. The van der Waals surface area contributed by atoms with Crippen LogP contribution < -0.4 is 5.43 Å². The fourth-order valence-electron chi connectivity index (χ4n) is 2.38. The van der Waals surface area contributed by atoms with Crippen molar-refractivity contribution in [1.29, 1.82) is 0 Å². The van der Waals surface area contributed by atoms with Crippen LogP contribution in [0.5, 0.6) is 11.5 Å². The minimum absolute atomic E-state index is 0.0854. The van der Waals surface area contributed by atoms with E-state index in [-0.39, 0.29) is 22.3 Å². The number of benzene rings is 2. The topological polar surface area (TPSA) is 70.7 Å². The maximum absolute atomic E-state index is 12.4. The summed E-state index contributed by atoms with van der Waals surface area (Å²) < 4.78 is 5.79. The van der Waals surface area contributed by atoms with Gasteiger partial charge in [0.25, 0.3) is 0 Å². The molecule has 0 unspecified atom stereocenters. The van der Waals surface area contributed by atoms with Crippen molar-refractivity contribution in [2.45, 2.75) is 13.8 Å². The van der Waals surface area contributed by atoms with Crippen LogP contribution in [0.4, 0.5) is 0 Å². The lowest BCUT2D eigenvalue weighted by molar-refractivity contribution is 0.471. The highest BCUT2D eigenvalue weighted by atomic mass is 16.3.